The van der Waals surface area contributed by atoms with E-state index >= 15 is 0 Å². The first kappa shape index (κ1) is 16.7. The summed E-state index contributed by atoms with van der Waals surface area (Å²) in [5.41, 5.74) is 4.40. The number of hydrogen-bond donors (Lipinski definition) is 0. The lowest BCUT2D eigenvalue weighted by Gasteiger charge is -2.35. The van der Waals surface area contributed by atoms with Crippen molar-refractivity contribution in [1.82, 2.24) is 19.7 Å². The fourth-order valence-electron chi connectivity index (χ4n) is 3.67. The van der Waals surface area contributed by atoms with Crippen LogP contribution in [-0.2, 0) is 18.3 Å². The maximum absolute atomic E-state index is 12.9. The van der Waals surface area contributed by atoms with Crippen LogP contribution in [0.3, 0.4) is 0 Å². The summed E-state index contributed by atoms with van der Waals surface area (Å²) >= 11 is 0. The molecule has 1 atom stereocenters. The van der Waals surface area contributed by atoms with Crippen molar-refractivity contribution in [2.45, 2.75) is 52.0 Å². The van der Waals surface area contributed by atoms with Crippen molar-refractivity contribution < 1.29 is 4.79 Å². The Balaban J connectivity index is 1.70. The molecule has 0 bridgehead atoms. The maximum Gasteiger partial charge on any atom is 0.223 e. The largest absolute Gasteiger partial charge is 0.334 e. The summed E-state index contributed by atoms with van der Waals surface area (Å²) in [5, 5.41) is 4.45. The number of amides is 1. The summed E-state index contributed by atoms with van der Waals surface area (Å²) < 4.78 is 1.90. The molecular weight excluding hydrogens is 300 g/mol. The first-order valence-corrected chi connectivity index (χ1v) is 8.77. The SMILES string of the molecule is Cc1nn(C)c(C)c1CCC(=O)N1CCCCC1c1ccccn1. The minimum absolute atomic E-state index is 0.128. The fourth-order valence-corrected chi connectivity index (χ4v) is 3.67. The monoisotopic (exact) mass is 326 g/mol. The summed E-state index contributed by atoms with van der Waals surface area (Å²) in [6.07, 6.45) is 6.36. The van der Waals surface area contributed by atoms with Gasteiger partial charge in [0.2, 0.25) is 5.91 Å². The Morgan fingerprint density at radius 2 is 2.12 bits per heavy atom. The predicted octanol–water partition coefficient (Wildman–Crippen LogP) is 3.12. The lowest BCUT2D eigenvalue weighted by molar-refractivity contribution is -0.135. The molecule has 1 fully saturated rings. The smallest absolute Gasteiger partial charge is 0.223 e. The predicted molar refractivity (Wildman–Crippen MR) is 93.5 cm³/mol. The van der Waals surface area contributed by atoms with Crippen LogP contribution in [0.4, 0.5) is 0 Å². The highest BCUT2D eigenvalue weighted by Gasteiger charge is 2.28. The number of aromatic nitrogens is 3. The normalized spacial score (nSPS) is 18.0. The first-order chi connectivity index (χ1) is 11.6. The zero-order valence-electron chi connectivity index (χ0n) is 14.8. The molecule has 5 heteroatoms. The molecule has 1 amide bonds. The minimum atomic E-state index is 0.128. The van der Waals surface area contributed by atoms with E-state index in [2.05, 4.69) is 17.0 Å². The second kappa shape index (κ2) is 7.16. The van der Waals surface area contributed by atoms with Crippen LogP contribution in [-0.4, -0.2) is 32.1 Å². The van der Waals surface area contributed by atoms with Gasteiger partial charge in [-0.1, -0.05) is 6.07 Å². The third-order valence-electron chi connectivity index (χ3n) is 5.10. The van der Waals surface area contributed by atoms with Gasteiger partial charge in [-0.05, 0) is 57.2 Å². The number of carbonyl (C=O) groups is 1. The second-order valence-corrected chi connectivity index (χ2v) is 6.63. The Morgan fingerprint density at radius 3 is 2.79 bits per heavy atom. The van der Waals surface area contributed by atoms with Crippen LogP contribution < -0.4 is 0 Å². The Bertz CT molecular complexity index is 708. The molecule has 0 aliphatic carbocycles. The van der Waals surface area contributed by atoms with Gasteiger partial charge in [-0.3, -0.25) is 14.5 Å². The molecule has 0 spiro atoms. The molecule has 1 unspecified atom stereocenters. The second-order valence-electron chi connectivity index (χ2n) is 6.63. The quantitative estimate of drug-likeness (QED) is 0.867. The molecule has 128 valence electrons. The van der Waals surface area contributed by atoms with Crippen LogP contribution in [0.2, 0.25) is 0 Å². The number of rotatable bonds is 4. The zero-order chi connectivity index (χ0) is 17.1. The van der Waals surface area contributed by atoms with E-state index in [1.54, 1.807) is 0 Å². The number of aryl methyl sites for hydroxylation is 2. The van der Waals surface area contributed by atoms with Crippen LogP contribution in [0.5, 0.6) is 0 Å². The van der Waals surface area contributed by atoms with E-state index in [9.17, 15) is 4.79 Å². The summed E-state index contributed by atoms with van der Waals surface area (Å²) in [6, 6.07) is 6.09. The molecule has 5 nitrogen and oxygen atoms in total. The van der Waals surface area contributed by atoms with Gasteiger partial charge in [0.15, 0.2) is 0 Å². The van der Waals surface area contributed by atoms with Crippen LogP contribution in [0.25, 0.3) is 0 Å². The van der Waals surface area contributed by atoms with Crippen molar-refractivity contribution in [3.63, 3.8) is 0 Å². The molecular formula is C19H26N4O. The summed E-state index contributed by atoms with van der Waals surface area (Å²) in [5.74, 6) is 0.230. The fraction of sp³-hybridized carbons (Fsp3) is 0.526. The van der Waals surface area contributed by atoms with Gasteiger partial charge in [0.25, 0.3) is 0 Å². The molecule has 0 N–H and O–H groups in total. The number of likely N-dealkylation sites (tertiary alicyclic amines) is 1. The van der Waals surface area contributed by atoms with Gasteiger partial charge < -0.3 is 4.90 Å². The molecule has 1 saturated heterocycles. The van der Waals surface area contributed by atoms with E-state index < -0.39 is 0 Å². The maximum atomic E-state index is 12.9. The van der Waals surface area contributed by atoms with Crippen molar-refractivity contribution in [1.29, 1.82) is 0 Å². The van der Waals surface area contributed by atoms with Crippen molar-refractivity contribution in [2.24, 2.45) is 7.05 Å². The van der Waals surface area contributed by atoms with Gasteiger partial charge in [0.1, 0.15) is 0 Å². The molecule has 1 aliphatic rings. The first-order valence-electron chi connectivity index (χ1n) is 8.77. The van der Waals surface area contributed by atoms with Crippen molar-refractivity contribution in [2.75, 3.05) is 6.54 Å². The molecule has 0 radical (unpaired) electrons. The van der Waals surface area contributed by atoms with Crippen molar-refractivity contribution in [3.05, 3.63) is 47.0 Å². The van der Waals surface area contributed by atoms with Crippen molar-refractivity contribution in [3.8, 4) is 0 Å². The van der Waals surface area contributed by atoms with Gasteiger partial charge >= 0.3 is 0 Å². The average molecular weight is 326 g/mol. The molecule has 2 aromatic heterocycles. The number of nitrogens with zero attached hydrogens (tertiary/aromatic N) is 4. The molecule has 1 aliphatic heterocycles. The van der Waals surface area contributed by atoms with E-state index in [0.717, 1.165) is 49.3 Å². The third-order valence-corrected chi connectivity index (χ3v) is 5.10. The number of piperidine rings is 1. The molecule has 24 heavy (non-hydrogen) atoms. The van der Waals surface area contributed by atoms with Crippen LogP contribution in [0.1, 0.15) is 54.4 Å². The standard InChI is InChI=1S/C19H26N4O/c1-14-16(15(2)22(3)21-14)10-11-19(24)23-13-7-5-9-18(23)17-8-4-6-12-20-17/h4,6,8,12,18H,5,7,9-11,13H2,1-3H3. The number of carbonyl (C=O) groups excluding carboxylic acids is 1. The van der Waals surface area contributed by atoms with E-state index in [1.165, 1.54) is 5.56 Å². The summed E-state index contributed by atoms with van der Waals surface area (Å²) in [4.78, 5) is 19.4. The Hall–Kier alpha value is -2.17. The van der Waals surface area contributed by atoms with Crippen LogP contribution >= 0.6 is 0 Å². The Morgan fingerprint density at radius 1 is 1.29 bits per heavy atom. The van der Waals surface area contributed by atoms with Gasteiger partial charge in [-0.2, -0.15) is 5.10 Å². The summed E-state index contributed by atoms with van der Waals surface area (Å²) in [7, 11) is 1.95. The molecule has 0 aromatic carbocycles. The molecule has 0 saturated carbocycles. The van der Waals surface area contributed by atoms with Crippen LogP contribution in [0, 0.1) is 13.8 Å². The van der Waals surface area contributed by atoms with Gasteiger partial charge in [-0.15, -0.1) is 0 Å². The van der Waals surface area contributed by atoms with E-state index in [0.29, 0.717) is 6.42 Å². The van der Waals surface area contributed by atoms with Crippen molar-refractivity contribution >= 4 is 5.91 Å². The van der Waals surface area contributed by atoms with Gasteiger partial charge in [0.05, 0.1) is 17.4 Å². The highest BCUT2D eigenvalue weighted by atomic mass is 16.2. The molecule has 2 aromatic rings. The van der Waals surface area contributed by atoms with E-state index in [1.807, 2.05) is 47.9 Å². The van der Waals surface area contributed by atoms with E-state index in [-0.39, 0.29) is 11.9 Å². The minimum Gasteiger partial charge on any atom is -0.334 e. The molecule has 3 rings (SSSR count). The highest BCUT2D eigenvalue weighted by Crippen LogP contribution is 2.30. The molecule has 3 heterocycles. The van der Waals surface area contributed by atoms with Gasteiger partial charge in [-0.25, -0.2) is 0 Å². The lowest BCUT2D eigenvalue weighted by atomic mass is 9.97. The highest BCUT2D eigenvalue weighted by molar-refractivity contribution is 5.77. The van der Waals surface area contributed by atoms with E-state index in [4.69, 9.17) is 0 Å². The number of pyridine rings is 1. The Kier molecular flexibility index (Phi) is 4.97. The lowest BCUT2D eigenvalue weighted by Crippen LogP contribution is -2.39. The number of hydrogen-bond acceptors (Lipinski definition) is 3. The summed E-state index contributed by atoms with van der Waals surface area (Å²) in [6.45, 7) is 4.92. The average Bonchev–Trinajstić information content (AvgIpc) is 2.85. The zero-order valence-corrected chi connectivity index (χ0v) is 14.8. The van der Waals surface area contributed by atoms with Gasteiger partial charge in [0, 0.05) is 31.9 Å². The Labute approximate surface area is 143 Å². The van der Waals surface area contributed by atoms with Crippen LogP contribution in [0.15, 0.2) is 24.4 Å². The topological polar surface area (TPSA) is 51.0 Å². The third kappa shape index (κ3) is 3.35.